The first-order chi connectivity index (χ1) is 11.2. The van der Waals surface area contributed by atoms with E-state index in [1.807, 2.05) is 13.1 Å². The van der Waals surface area contributed by atoms with Gasteiger partial charge in [-0.15, -0.1) is 0 Å². The number of pyridine rings is 1. The Hall–Kier alpha value is -2.76. The molecule has 23 heavy (non-hydrogen) atoms. The highest BCUT2D eigenvalue weighted by Gasteiger charge is 2.17. The third-order valence-corrected chi connectivity index (χ3v) is 4.22. The molecule has 1 amide bonds. The van der Waals surface area contributed by atoms with E-state index in [1.54, 1.807) is 22.9 Å². The molecule has 6 nitrogen and oxygen atoms in total. The zero-order chi connectivity index (χ0) is 15.8. The molecule has 1 aliphatic carbocycles. The number of hydrogen-bond donors (Lipinski definition) is 1. The molecule has 116 valence electrons. The van der Waals surface area contributed by atoms with Crippen LogP contribution in [0.1, 0.15) is 39.4 Å². The summed E-state index contributed by atoms with van der Waals surface area (Å²) in [5.74, 6) is 0.387. The van der Waals surface area contributed by atoms with Crippen molar-refractivity contribution in [2.45, 2.75) is 32.7 Å². The number of carbonyl (C=O) groups excluding carboxylic acids is 1. The maximum absolute atomic E-state index is 12.5. The summed E-state index contributed by atoms with van der Waals surface area (Å²) in [5.41, 5.74) is 4.75. The molecule has 3 heterocycles. The molecule has 3 aromatic heterocycles. The second-order valence-corrected chi connectivity index (χ2v) is 5.82. The normalized spacial score (nSPS) is 13.3. The van der Waals surface area contributed by atoms with E-state index in [0.29, 0.717) is 23.7 Å². The number of nitrogens with zero attached hydrogens (tertiary/aromatic N) is 4. The van der Waals surface area contributed by atoms with E-state index in [2.05, 4.69) is 26.3 Å². The molecule has 0 radical (unpaired) electrons. The smallest absolute Gasteiger partial charge is 0.270 e. The van der Waals surface area contributed by atoms with Gasteiger partial charge < -0.3 is 5.32 Å². The third-order valence-electron chi connectivity index (χ3n) is 4.22. The Bertz CT molecular complexity index is 899. The zero-order valence-electron chi connectivity index (χ0n) is 12.9. The van der Waals surface area contributed by atoms with E-state index in [0.717, 1.165) is 18.4 Å². The largest absolute Gasteiger partial charge is 0.347 e. The second kappa shape index (κ2) is 5.46. The van der Waals surface area contributed by atoms with Gasteiger partial charge in [0, 0.05) is 30.8 Å². The van der Waals surface area contributed by atoms with E-state index in [9.17, 15) is 4.79 Å². The van der Waals surface area contributed by atoms with E-state index in [1.165, 1.54) is 17.7 Å². The van der Waals surface area contributed by atoms with E-state index in [-0.39, 0.29) is 5.91 Å². The molecule has 0 aromatic carbocycles. The van der Waals surface area contributed by atoms with Crippen molar-refractivity contribution in [3.8, 4) is 0 Å². The number of carbonyl (C=O) groups is 1. The molecule has 0 bridgehead atoms. The van der Waals surface area contributed by atoms with Crippen molar-refractivity contribution in [1.82, 2.24) is 24.7 Å². The zero-order valence-corrected chi connectivity index (χ0v) is 12.9. The van der Waals surface area contributed by atoms with Crippen molar-refractivity contribution in [2.75, 3.05) is 0 Å². The van der Waals surface area contributed by atoms with Crippen molar-refractivity contribution in [2.24, 2.45) is 0 Å². The average Bonchev–Trinajstić information content (AvgIpc) is 3.15. The maximum Gasteiger partial charge on any atom is 0.270 e. The lowest BCUT2D eigenvalue weighted by atomic mass is 10.1. The Kier molecular flexibility index (Phi) is 3.29. The summed E-state index contributed by atoms with van der Waals surface area (Å²) in [5, 5.41) is 2.96. The van der Waals surface area contributed by atoms with Gasteiger partial charge in [-0.05, 0) is 43.4 Å². The highest BCUT2D eigenvalue weighted by atomic mass is 16.1. The molecule has 0 spiro atoms. The lowest BCUT2D eigenvalue weighted by Crippen LogP contribution is -2.25. The molecule has 1 N–H and O–H groups in total. The van der Waals surface area contributed by atoms with Crippen molar-refractivity contribution < 1.29 is 4.79 Å². The van der Waals surface area contributed by atoms with Gasteiger partial charge in [-0.25, -0.2) is 9.97 Å². The van der Waals surface area contributed by atoms with Gasteiger partial charge in [-0.2, -0.15) is 0 Å². The number of rotatable bonds is 3. The van der Waals surface area contributed by atoms with Gasteiger partial charge in [0.2, 0.25) is 5.78 Å². The molecule has 1 aliphatic rings. The molecule has 0 unspecified atom stereocenters. The average molecular weight is 307 g/mol. The van der Waals surface area contributed by atoms with Gasteiger partial charge in [0.25, 0.3) is 5.91 Å². The molecule has 4 rings (SSSR count). The first kappa shape index (κ1) is 13.9. The predicted octanol–water partition coefficient (Wildman–Crippen LogP) is 1.85. The van der Waals surface area contributed by atoms with Gasteiger partial charge in [0.05, 0.1) is 5.69 Å². The Morgan fingerprint density at radius 2 is 2.26 bits per heavy atom. The number of amides is 1. The van der Waals surface area contributed by atoms with Crippen LogP contribution < -0.4 is 5.32 Å². The monoisotopic (exact) mass is 307 g/mol. The topological polar surface area (TPSA) is 72.2 Å². The fourth-order valence-corrected chi connectivity index (χ4v) is 3.11. The maximum atomic E-state index is 12.5. The van der Waals surface area contributed by atoms with Crippen LogP contribution in [0.2, 0.25) is 0 Å². The number of aryl methyl sites for hydroxylation is 3. The minimum atomic E-state index is -0.150. The van der Waals surface area contributed by atoms with Crippen molar-refractivity contribution in [3.63, 3.8) is 0 Å². The molecular formula is C17H17N5O. The van der Waals surface area contributed by atoms with Gasteiger partial charge in [-0.3, -0.25) is 14.2 Å². The summed E-state index contributed by atoms with van der Waals surface area (Å²) in [4.78, 5) is 25.5. The van der Waals surface area contributed by atoms with Crippen molar-refractivity contribution >= 4 is 11.7 Å². The molecule has 0 atom stereocenters. The van der Waals surface area contributed by atoms with Crippen LogP contribution in [0.3, 0.4) is 0 Å². The SMILES string of the molecule is Cc1nc2ncccn2c1C(=O)NCc1cnc2c(c1)CCC2. The second-order valence-electron chi connectivity index (χ2n) is 5.82. The standard InChI is InChI=1S/C17H17N5O/c1-11-15(22-7-3-6-18-17(22)21-11)16(23)20-10-12-8-13-4-2-5-14(13)19-9-12/h3,6-9H,2,4-5,10H2,1H3,(H,20,23). The number of hydrogen-bond acceptors (Lipinski definition) is 4. The van der Waals surface area contributed by atoms with Crippen LogP contribution >= 0.6 is 0 Å². The molecule has 0 aliphatic heterocycles. The lowest BCUT2D eigenvalue weighted by molar-refractivity contribution is 0.0944. The Morgan fingerprint density at radius 3 is 3.17 bits per heavy atom. The fraction of sp³-hybridized carbons (Fsp3) is 0.294. The highest BCUT2D eigenvalue weighted by Crippen LogP contribution is 2.20. The van der Waals surface area contributed by atoms with Crippen LogP contribution in [-0.2, 0) is 19.4 Å². The van der Waals surface area contributed by atoms with Crippen LogP contribution in [-0.4, -0.2) is 25.3 Å². The fourth-order valence-electron chi connectivity index (χ4n) is 3.11. The summed E-state index contributed by atoms with van der Waals surface area (Å²) in [6, 6.07) is 3.94. The van der Waals surface area contributed by atoms with Gasteiger partial charge in [0.1, 0.15) is 5.69 Å². The van der Waals surface area contributed by atoms with Crippen LogP contribution in [0, 0.1) is 6.92 Å². The molecule has 0 fully saturated rings. The van der Waals surface area contributed by atoms with Gasteiger partial charge >= 0.3 is 0 Å². The number of aromatic nitrogens is 4. The van der Waals surface area contributed by atoms with E-state index in [4.69, 9.17) is 0 Å². The minimum Gasteiger partial charge on any atom is -0.347 e. The van der Waals surface area contributed by atoms with E-state index >= 15 is 0 Å². The molecule has 3 aromatic rings. The molecule has 0 saturated heterocycles. The summed E-state index contributed by atoms with van der Waals surface area (Å²) in [7, 11) is 0. The Morgan fingerprint density at radius 1 is 1.35 bits per heavy atom. The van der Waals surface area contributed by atoms with Crippen molar-refractivity contribution in [1.29, 1.82) is 0 Å². The minimum absolute atomic E-state index is 0.150. The van der Waals surface area contributed by atoms with Crippen LogP contribution in [0.4, 0.5) is 0 Å². The quantitative estimate of drug-likeness (QED) is 0.801. The number of imidazole rings is 1. The number of fused-ring (bicyclic) bond motifs is 2. The summed E-state index contributed by atoms with van der Waals surface area (Å²) >= 11 is 0. The lowest BCUT2D eigenvalue weighted by Gasteiger charge is -2.07. The van der Waals surface area contributed by atoms with Crippen LogP contribution in [0.5, 0.6) is 0 Å². The van der Waals surface area contributed by atoms with Crippen LogP contribution in [0.25, 0.3) is 5.78 Å². The first-order valence-corrected chi connectivity index (χ1v) is 7.77. The highest BCUT2D eigenvalue weighted by molar-refractivity contribution is 5.94. The summed E-state index contributed by atoms with van der Waals surface area (Å²) < 4.78 is 1.71. The first-order valence-electron chi connectivity index (χ1n) is 7.77. The predicted molar refractivity (Wildman–Crippen MR) is 85.2 cm³/mol. The summed E-state index contributed by atoms with van der Waals surface area (Å²) in [6.07, 6.45) is 8.64. The Labute approximate surface area is 133 Å². The number of nitrogens with one attached hydrogen (secondary N) is 1. The molecule has 6 heteroatoms. The molecule has 0 saturated carbocycles. The third kappa shape index (κ3) is 2.46. The Balaban J connectivity index is 1.54. The summed E-state index contributed by atoms with van der Waals surface area (Å²) in [6.45, 7) is 2.28. The van der Waals surface area contributed by atoms with Gasteiger partial charge in [-0.1, -0.05) is 6.07 Å². The molecular weight excluding hydrogens is 290 g/mol. The van der Waals surface area contributed by atoms with Crippen molar-refractivity contribution in [3.05, 3.63) is 58.9 Å². The van der Waals surface area contributed by atoms with E-state index < -0.39 is 0 Å². The van der Waals surface area contributed by atoms with Gasteiger partial charge in [0.15, 0.2) is 0 Å². The van der Waals surface area contributed by atoms with Crippen LogP contribution in [0.15, 0.2) is 30.7 Å².